The molecular formula is C13H18ClFO. The summed E-state index contributed by atoms with van der Waals surface area (Å²) >= 11 is 5.89. The first-order valence-corrected chi connectivity index (χ1v) is 5.78. The minimum Gasteiger partial charge on any atom is -0.393 e. The van der Waals surface area contributed by atoms with Gasteiger partial charge >= 0.3 is 0 Å². The Labute approximate surface area is 101 Å². The largest absolute Gasteiger partial charge is 0.393 e. The van der Waals surface area contributed by atoms with Crippen molar-refractivity contribution < 1.29 is 9.50 Å². The Balaban J connectivity index is 2.73. The summed E-state index contributed by atoms with van der Waals surface area (Å²) in [5, 5.41) is 10.2. The van der Waals surface area contributed by atoms with Gasteiger partial charge in [-0.15, -0.1) is 0 Å². The summed E-state index contributed by atoms with van der Waals surface area (Å²) in [4.78, 5) is 0. The van der Waals surface area contributed by atoms with E-state index in [9.17, 15) is 9.50 Å². The normalized spacial score (nSPS) is 13.9. The van der Waals surface area contributed by atoms with E-state index in [-0.39, 0.29) is 17.7 Å². The molecule has 0 aliphatic heterocycles. The van der Waals surface area contributed by atoms with Gasteiger partial charge in [0.25, 0.3) is 0 Å². The number of rotatable bonds is 3. The molecule has 1 aromatic rings. The molecule has 90 valence electrons. The number of aliphatic hydroxyl groups excluding tert-OH is 1. The van der Waals surface area contributed by atoms with Crippen LogP contribution in [0, 0.1) is 11.2 Å². The molecule has 0 aliphatic carbocycles. The fourth-order valence-corrected chi connectivity index (χ4v) is 1.98. The van der Waals surface area contributed by atoms with Crippen molar-refractivity contribution in [1.29, 1.82) is 0 Å². The Kier molecular flexibility index (Phi) is 4.34. The molecule has 1 N–H and O–H groups in total. The van der Waals surface area contributed by atoms with E-state index in [0.29, 0.717) is 17.0 Å². The maximum Gasteiger partial charge on any atom is 0.127 e. The van der Waals surface area contributed by atoms with Crippen LogP contribution in [-0.4, -0.2) is 11.2 Å². The lowest BCUT2D eigenvalue weighted by atomic mass is 9.87. The van der Waals surface area contributed by atoms with Crippen molar-refractivity contribution in [2.24, 2.45) is 5.41 Å². The third-order valence-electron chi connectivity index (χ3n) is 2.35. The van der Waals surface area contributed by atoms with Gasteiger partial charge < -0.3 is 5.11 Å². The van der Waals surface area contributed by atoms with Gasteiger partial charge in [0, 0.05) is 17.0 Å². The molecule has 0 amide bonds. The van der Waals surface area contributed by atoms with E-state index in [4.69, 9.17) is 11.6 Å². The lowest BCUT2D eigenvalue weighted by Gasteiger charge is -2.22. The van der Waals surface area contributed by atoms with Crippen LogP contribution in [0.1, 0.15) is 32.8 Å². The summed E-state index contributed by atoms with van der Waals surface area (Å²) in [7, 11) is 0. The molecule has 16 heavy (non-hydrogen) atoms. The quantitative estimate of drug-likeness (QED) is 0.857. The maximum absolute atomic E-state index is 13.4. The van der Waals surface area contributed by atoms with Crippen LogP contribution in [0.25, 0.3) is 0 Å². The summed E-state index contributed by atoms with van der Waals surface area (Å²) < 4.78 is 13.4. The average molecular weight is 245 g/mol. The highest BCUT2D eigenvalue weighted by Gasteiger charge is 2.19. The molecule has 1 nitrogen and oxygen atoms in total. The molecule has 0 fully saturated rings. The van der Waals surface area contributed by atoms with E-state index in [1.54, 1.807) is 12.1 Å². The van der Waals surface area contributed by atoms with E-state index in [1.807, 2.05) is 20.8 Å². The first-order valence-electron chi connectivity index (χ1n) is 5.40. The van der Waals surface area contributed by atoms with Crippen LogP contribution in [0.3, 0.4) is 0 Å². The number of hydrogen-bond acceptors (Lipinski definition) is 1. The van der Waals surface area contributed by atoms with E-state index >= 15 is 0 Å². The predicted octanol–water partition coefficient (Wildman–Crippen LogP) is 3.82. The fourth-order valence-electron chi connectivity index (χ4n) is 1.74. The lowest BCUT2D eigenvalue weighted by Crippen LogP contribution is -2.20. The molecule has 0 heterocycles. The molecule has 0 radical (unpaired) electrons. The molecule has 0 spiro atoms. The van der Waals surface area contributed by atoms with Crippen LogP contribution >= 0.6 is 11.6 Å². The monoisotopic (exact) mass is 244 g/mol. The maximum atomic E-state index is 13.4. The predicted molar refractivity (Wildman–Crippen MR) is 65.2 cm³/mol. The molecule has 0 aliphatic rings. The van der Waals surface area contributed by atoms with Gasteiger partial charge in [-0.25, -0.2) is 4.39 Å². The molecule has 1 rings (SSSR count). The molecule has 1 aromatic carbocycles. The molecule has 0 saturated carbocycles. The number of halogens is 2. The summed E-state index contributed by atoms with van der Waals surface area (Å²) in [5.74, 6) is -0.347. The minimum atomic E-state index is -0.561. The molecule has 0 bridgehead atoms. The molecular weight excluding hydrogens is 227 g/mol. The van der Waals surface area contributed by atoms with Gasteiger partial charge in [0.2, 0.25) is 0 Å². The van der Waals surface area contributed by atoms with Gasteiger partial charge in [-0.3, -0.25) is 0 Å². The van der Waals surface area contributed by atoms with Gasteiger partial charge in [-0.2, -0.15) is 0 Å². The van der Waals surface area contributed by atoms with Crippen LogP contribution in [0.4, 0.5) is 4.39 Å². The summed E-state index contributed by atoms with van der Waals surface area (Å²) in [6.45, 7) is 6.12. The van der Waals surface area contributed by atoms with Crippen molar-refractivity contribution in [3.05, 3.63) is 34.6 Å². The van der Waals surface area contributed by atoms with Gasteiger partial charge in [0.1, 0.15) is 5.82 Å². The van der Waals surface area contributed by atoms with Crippen LogP contribution in [0.2, 0.25) is 5.02 Å². The highest BCUT2D eigenvalue weighted by Crippen LogP contribution is 2.26. The molecule has 0 saturated heterocycles. The highest BCUT2D eigenvalue weighted by molar-refractivity contribution is 6.31. The molecule has 0 aromatic heterocycles. The Hall–Kier alpha value is -0.600. The number of hydrogen-bond donors (Lipinski definition) is 1. The minimum absolute atomic E-state index is 0.0249. The Morgan fingerprint density at radius 3 is 2.50 bits per heavy atom. The Bertz CT molecular complexity index is 337. The van der Waals surface area contributed by atoms with Gasteiger partial charge in [0.15, 0.2) is 0 Å². The smallest absolute Gasteiger partial charge is 0.127 e. The van der Waals surface area contributed by atoms with Crippen molar-refractivity contribution in [2.45, 2.75) is 39.7 Å². The van der Waals surface area contributed by atoms with Crippen LogP contribution in [0.5, 0.6) is 0 Å². The van der Waals surface area contributed by atoms with Crippen LogP contribution < -0.4 is 0 Å². The van der Waals surface area contributed by atoms with Gasteiger partial charge in [-0.05, 0) is 24.0 Å². The van der Waals surface area contributed by atoms with Crippen molar-refractivity contribution in [3.8, 4) is 0 Å². The van der Waals surface area contributed by atoms with Gasteiger partial charge in [-0.1, -0.05) is 38.4 Å². The number of aliphatic hydroxyl groups is 1. The van der Waals surface area contributed by atoms with Crippen LogP contribution in [0.15, 0.2) is 18.2 Å². The molecule has 1 atom stereocenters. The standard InChI is InChI=1S/C13H18ClFO/c1-13(2,3)8-9(16)7-10-11(14)5-4-6-12(10)15/h4-6,9,16H,7-8H2,1-3H3. The molecule has 1 unspecified atom stereocenters. The van der Waals surface area contributed by atoms with Crippen LogP contribution in [-0.2, 0) is 6.42 Å². The van der Waals surface area contributed by atoms with Crippen molar-refractivity contribution >= 4 is 11.6 Å². The first kappa shape index (κ1) is 13.5. The third-order valence-corrected chi connectivity index (χ3v) is 2.70. The zero-order chi connectivity index (χ0) is 12.3. The van der Waals surface area contributed by atoms with Gasteiger partial charge in [0.05, 0.1) is 6.10 Å². The Morgan fingerprint density at radius 2 is 2.00 bits per heavy atom. The first-order chi connectivity index (χ1) is 7.29. The van der Waals surface area contributed by atoms with Crippen molar-refractivity contribution in [2.75, 3.05) is 0 Å². The second-order valence-electron chi connectivity index (χ2n) is 5.32. The number of benzene rings is 1. The summed E-state index contributed by atoms with van der Waals surface area (Å²) in [6, 6.07) is 4.58. The van der Waals surface area contributed by atoms with E-state index in [1.165, 1.54) is 6.07 Å². The van der Waals surface area contributed by atoms with E-state index < -0.39 is 6.10 Å². The lowest BCUT2D eigenvalue weighted by molar-refractivity contribution is 0.120. The summed E-state index contributed by atoms with van der Waals surface area (Å²) in [6.07, 6.45) is 0.329. The van der Waals surface area contributed by atoms with Crippen molar-refractivity contribution in [3.63, 3.8) is 0 Å². The SMILES string of the molecule is CC(C)(C)CC(O)Cc1c(F)cccc1Cl. The zero-order valence-corrected chi connectivity index (χ0v) is 10.7. The second-order valence-corrected chi connectivity index (χ2v) is 5.73. The Morgan fingerprint density at radius 1 is 1.38 bits per heavy atom. The average Bonchev–Trinajstić information content (AvgIpc) is 2.08. The van der Waals surface area contributed by atoms with Crippen molar-refractivity contribution in [1.82, 2.24) is 0 Å². The second kappa shape index (κ2) is 5.15. The topological polar surface area (TPSA) is 20.2 Å². The fraction of sp³-hybridized carbons (Fsp3) is 0.538. The van der Waals surface area contributed by atoms with E-state index in [0.717, 1.165) is 0 Å². The summed E-state index contributed by atoms with van der Waals surface area (Å²) in [5.41, 5.74) is 0.429. The highest BCUT2D eigenvalue weighted by atomic mass is 35.5. The van der Waals surface area contributed by atoms with E-state index in [2.05, 4.69) is 0 Å². The third kappa shape index (κ3) is 4.11. The molecule has 3 heteroatoms. The zero-order valence-electron chi connectivity index (χ0n) is 9.93.